The summed E-state index contributed by atoms with van der Waals surface area (Å²) in [6.45, 7) is 15.9. The molecule has 1 atom stereocenters. The zero-order chi connectivity index (χ0) is 18.8. The minimum absolute atomic E-state index is 0. The number of nitrogens with zero attached hydrogens (tertiary/aromatic N) is 5. The number of halogens is 1. The van der Waals surface area contributed by atoms with Crippen molar-refractivity contribution in [2.45, 2.75) is 53.5 Å². The minimum atomic E-state index is 0. The van der Waals surface area contributed by atoms with Gasteiger partial charge in [0.05, 0.1) is 0 Å². The smallest absolute Gasteiger partial charge is 0.191 e. The molecule has 0 aliphatic carbocycles. The van der Waals surface area contributed by atoms with Crippen molar-refractivity contribution in [1.82, 2.24) is 30.3 Å². The van der Waals surface area contributed by atoms with E-state index in [9.17, 15) is 0 Å². The monoisotopic (exact) mass is 491 g/mol. The molecule has 0 radical (unpaired) electrons. The van der Waals surface area contributed by atoms with E-state index in [-0.39, 0.29) is 24.0 Å². The second-order valence-corrected chi connectivity index (χ2v) is 7.60. The SMILES string of the molecule is CCNC(=NCC1CCCN(CC(C)C)C1)NCCn1cnnc1CC.I. The van der Waals surface area contributed by atoms with E-state index in [4.69, 9.17) is 4.99 Å². The Bertz CT molecular complexity index is 544. The van der Waals surface area contributed by atoms with E-state index in [1.54, 1.807) is 6.33 Å². The van der Waals surface area contributed by atoms with Crippen molar-refractivity contribution in [1.29, 1.82) is 0 Å². The lowest BCUT2D eigenvalue weighted by Crippen LogP contribution is -2.41. The molecule has 1 aliphatic rings. The summed E-state index contributed by atoms with van der Waals surface area (Å²) in [6.07, 6.45) is 5.29. The van der Waals surface area contributed by atoms with E-state index < -0.39 is 0 Å². The molecule has 27 heavy (non-hydrogen) atoms. The first-order chi connectivity index (χ1) is 12.6. The highest BCUT2D eigenvalue weighted by Gasteiger charge is 2.20. The fourth-order valence-electron chi connectivity index (χ4n) is 3.58. The van der Waals surface area contributed by atoms with Crippen molar-refractivity contribution in [3.05, 3.63) is 12.2 Å². The predicted molar refractivity (Wildman–Crippen MR) is 123 cm³/mol. The van der Waals surface area contributed by atoms with Crippen LogP contribution in [0.4, 0.5) is 0 Å². The van der Waals surface area contributed by atoms with Crippen molar-refractivity contribution in [3.8, 4) is 0 Å². The molecular weight excluding hydrogens is 453 g/mol. The summed E-state index contributed by atoms with van der Waals surface area (Å²) in [6, 6.07) is 0. The summed E-state index contributed by atoms with van der Waals surface area (Å²) < 4.78 is 2.10. The molecule has 0 bridgehead atoms. The van der Waals surface area contributed by atoms with Crippen LogP contribution in [0.25, 0.3) is 0 Å². The van der Waals surface area contributed by atoms with Crippen molar-refractivity contribution < 1.29 is 0 Å². The number of piperidine rings is 1. The van der Waals surface area contributed by atoms with E-state index in [1.165, 1.54) is 32.5 Å². The lowest BCUT2D eigenvalue weighted by atomic mass is 9.97. The van der Waals surface area contributed by atoms with Gasteiger partial charge in [0.15, 0.2) is 5.96 Å². The highest BCUT2D eigenvalue weighted by atomic mass is 127. The fourth-order valence-corrected chi connectivity index (χ4v) is 3.58. The number of rotatable bonds is 9. The van der Waals surface area contributed by atoms with Crippen LogP contribution in [0.3, 0.4) is 0 Å². The molecule has 1 aromatic heterocycles. The normalized spacial score (nSPS) is 18.4. The van der Waals surface area contributed by atoms with Gasteiger partial charge in [0.2, 0.25) is 0 Å². The summed E-state index contributed by atoms with van der Waals surface area (Å²) in [5, 5.41) is 14.9. The molecule has 0 aromatic carbocycles. The predicted octanol–water partition coefficient (Wildman–Crippen LogP) is 2.38. The largest absolute Gasteiger partial charge is 0.357 e. The third kappa shape index (κ3) is 8.76. The number of aromatic nitrogens is 3. The maximum atomic E-state index is 4.84. The van der Waals surface area contributed by atoms with Crippen LogP contribution in [0.1, 0.15) is 46.4 Å². The number of nitrogens with one attached hydrogen (secondary N) is 2. The van der Waals surface area contributed by atoms with Gasteiger partial charge in [-0.15, -0.1) is 34.2 Å². The van der Waals surface area contributed by atoms with Gasteiger partial charge >= 0.3 is 0 Å². The van der Waals surface area contributed by atoms with Crippen LogP contribution >= 0.6 is 24.0 Å². The third-order valence-electron chi connectivity index (χ3n) is 4.74. The molecule has 1 aromatic rings. The summed E-state index contributed by atoms with van der Waals surface area (Å²) >= 11 is 0. The van der Waals surface area contributed by atoms with Gasteiger partial charge in [-0.05, 0) is 38.1 Å². The zero-order valence-corrected chi connectivity index (χ0v) is 19.8. The molecule has 156 valence electrons. The maximum absolute atomic E-state index is 4.84. The highest BCUT2D eigenvalue weighted by molar-refractivity contribution is 14.0. The molecule has 2 rings (SSSR count). The molecule has 2 N–H and O–H groups in total. The quantitative estimate of drug-likeness (QED) is 0.316. The van der Waals surface area contributed by atoms with E-state index in [1.807, 2.05) is 0 Å². The first-order valence-corrected chi connectivity index (χ1v) is 10.2. The van der Waals surface area contributed by atoms with Gasteiger partial charge in [0.1, 0.15) is 12.2 Å². The van der Waals surface area contributed by atoms with Crippen LogP contribution in [0.5, 0.6) is 0 Å². The van der Waals surface area contributed by atoms with Gasteiger partial charge in [-0.2, -0.15) is 0 Å². The van der Waals surface area contributed by atoms with E-state index in [0.717, 1.165) is 50.3 Å². The van der Waals surface area contributed by atoms with E-state index >= 15 is 0 Å². The van der Waals surface area contributed by atoms with Gasteiger partial charge in [-0.1, -0.05) is 20.8 Å². The Morgan fingerprint density at radius 2 is 2.15 bits per heavy atom. The van der Waals surface area contributed by atoms with Crippen LogP contribution in [0.15, 0.2) is 11.3 Å². The molecule has 2 heterocycles. The topological polar surface area (TPSA) is 70.4 Å². The number of hydrogen-bond donors (Lipinski definition) is 2. The molecule has 1 aliphatic heterocycles. The van der Waals surface area contributed by atoms with Crippen molar-refractivity contribution in [2.24, 2.45) is 16.8 Å². The summed E-state index contributed by atoms with van der Waals surface area (Å²) in [4.78, 5) is 7.44. The molecular formula is C19H38IN7. The Kier molecular flexibility index (Phi) is 11.9. The van der Waals surface area contributed by atoms with Gasteiger partial charge in [0.25, 0.3) is 0 Å². The molecule has 1 fully saturated rings. The lowest BCUT2D eigenvalue weighted by molar-refractivity contribution is 0.162. The Morgan fingerprint density at radius 1 is 1.33 bits per heavy atom. The second kappa shape index (κ2) is 13.3. The molecule has 7 nitrogen and oxygen atoms in total. The van der Waals surface area contributed by atoms with Crippen LogP contribution in [0, 0.1) is 11.8 Å². The average Bonchev–Trinajstić information content (AvgIpc) is 3.07. The number of hydrogen-bond acceptors (Lipinski definition) is 4. The van der Waals surface area contributed by atoms with E-state index in [0.29, 0.717) is 5.92 Å². The van der Waals surface area contributed by atoms with Gasteiger partial charge in [-0.3, -0.25) is 4.99 Å². The van der Waals surface area contributed by atoms with Crippen LogP contribution in [-0.4, -0.2) is 64.9 Å². The number of guanidine groups is 1. The van der Waals surface area contributed by atoms with Gasteiger partial charge in [-0.25, -0.2) is 0 Å². The molecule has 0 saturated carbocycles. The highest BCUT2D eigenvalue weighted by Crippen LogP contribution is 2.17. The maximum Gasteiger partial charge on any atom is 0.191 e. The lowest BCUT2D eigenvalue weighted by Gasteiger charge is -2.33. The summed E-state index contributed by atoms with van der Waals surface area (Å²) in [5.74, 6) is 3.35. The fraction of sp³-hybridized carbons (Fsp3) is 0.842. The number of aryl methyl sites for hydroxylation is 1. The summed E-state index contributed by atoms with van der Waals surface area (Å²) in [5.41, 5.74) is 0. The van der Waals surface area contributed by atoms with Crippen molar-refractivity contribution in [2.75, 3.05) is 39.3 Å². The first kappa shape index (κ1) is 24.1. The van der Waals surface area contributed by atoms with Crippen molar-refractivity contribution in [3.63, 3.8) is 0 Å². The molecule has 0 amide bonds. The second-order valence-electron chi connectivity index (χ2n) is 7.60. The van der Waals surface area contributed by atoms with Gasteiger partial charge < -0.3 is 20.1 Å². The molecule has 1 saturated heterocycles. The Morgan fingerprint density at radius 3 is 2.85 bits per heavy atom. The number of aliphatic imine (C=N–C) groups is 1. The van der Waals surface area contributed by atoms with Crippen LogP contribution < -0.4 is 10.6 Å². The van der Waals surface area contributed by atoms with Crippen LogP contribution in [0.2, 0.25) is 0 Å². The summed E-state index contributed by atoms with van der Waals surface area (Å²) in [7, 11) is 0. The molecule has 8 heteroatoms. The van der Waals surface area contributed by atoms with E-state index in [2.05, 4.69) is 58.0 Å². The molecule has 0 spiro atoms. The Hall–Kier alpha value is -0.900. The average molecular weight is 491 g/mol. The number of likely N-dealkylation sites (tertiary alicyclic amines) is 1. The van der Waals surface area contributed by atoms with Gasteiger partial charge in [0, 0.05) is 45.7 Å². The minimum Gasteiger partial charge on any atom is -0.357 e. The zero-order valence-electron chi connectivity index (χ0n) is 17.4. The third-order valence-corrected chi connectivity index (χ3v) is 4.74. The van der Waals surface area contributed by atoms with Crippen LogP contribution in [-0.2, 0) is 13.0 Å². The van der Waals surface area contributed by atoms with Crippen molar-refractivity contribution >= 4 is 29.9 Å². The Labute approximate surface area is 181 Å². The molecule has 1 unspecified atom stereocenters. The standard InChI is InChI=1S/C19H37N7.HI/c1-5-18-24-23-15-26(18)11-9-21-19(20-6-2)22-12-17-8-7-10-25(14-17)13-16(3)4;/h15-17H,5-14H2,1-4H3,(H2,20,21,22);1H. The Balaban J connectivity index is 0.00000364. The first-order valence-electron chi connectivity index (χ1n) is 10.2.